The van der Waals surface area contributed by atoms with E-state index in [2.05, 4.69) is 38.1 Å². The summed E-state index contributed by atoms with van der Waals surface area (Å²) in [4.78, 5) is 27.7. The highest BCUT2D eigenvalue weighted by Gasteiger charge is 2.06. The number of nitrogens with zero attached hydrogens (tertiary/aromatic N) is 2. The van der Waals surface area contributed by atoms with Gasteiger partial charge in [0.1, 0.15) is 11.5 Å². The van der Waals surface area contributed by atoms with Gasteiger partial charge in [-0.1, -0.05) is 12.0 Å². The lowest BCUT2D eigenvalue weighted by Crippen LogP contribution is -2.19. The summed E-state index contributed by atoms with van der Waals surface area (Å²) in [5.41, 5.74) is 0.247. The minimum atomic E-state index is -0.160. The van der Waals surface area contributed by atoms with Crippen molar-refractivity contribution in [3.63, 3.8) is 0 Å². The molecule has 2 aromatic heterocycles. The molecule has 0 atom stereocenters. The topological polar surface area (TPSA) is 73.2 Å². The number of pyridine rings is 2. The number of aromatic nitrogens is 2. The fourth-order valence-corrected chi connectivity index (χ4v) is 2.61. The molecule has 6 nitrogen and oxygen atoms in total. The van der Waals surface area contributed by atoms with Crippen molar-refractivity contribution in [1.82, 2.24) is 9.55 Å². The smallest absolute Gasteiger partial charge is 0.274 e. The van der Waals surface area contributed by atoms with Crippen LogP contribution in [-0.4, -0.2) is 21.9 Å². The third-order valence-electron chi connectivity index (χ3n) is 3.20. The molecule has 0 spiro atoms. The van der Waals surface area contributed by atoms with E-state index < -0.39 is 0 Å². The summed E-state index contributed by atoms with van der Waals surface area (Å²) in [7, 11) is 1.68. The monoisotopic (exact) mass is 403 g/mol. The Morgan fingerprint density at radius 1 is 1.44 bits per heavy atom. The Morgan fingerprint density at radius 2 is 2.24 bits per heavy atom. The number of rotatable bonds is 7. The summed E-state index contributed by atoms with van der Waals surface area (Å²) in [5.74, 6) is 5.89. The minimum Gasteiger partial charge on any atom is -0.478 e. The standard InChI is InChI=1S/C18H18BrN3O3/c1-3-6-14(23)7-5-10-25-17-9-4-8-16(21-17)20-15-11-13(19)12-22(2)18(15)24/h4,8-9,11-12H,5,7,10H2,1-2H3,(H,20,21). The van der Waals surface area contributed by atoms with Crippen molar-refractivity contribution in [3.05, 3.63) is 45.3 Å². The lowest BCUT2D eigenvalue weighted by molar-refractivity contribution is -0.114. The summed E-state index contributed by atoms with van der Waals surface area (Å²) in [6.45, 7) is 2.00. The Hall–Kier alpha value is -2.59. The van der Waals surface area contributed by atoms with Crippen molar-refractivity contribution in [2.75, 3.05) is 11.9 Å². The molecule has 1 N–H and O–H groups in total. The highest BCUT2D eigenvalue weighted by atomic mass is 79.9. The molecular formula is C18H18BrN3O3. The van der Waals surface area contributed by atoms with Crippen LogP contribution in [0.2, 0.25) is 0 Å². The van der Waals surface area contributed by atoms with Gasteiger partial charge in [0.15, 0.2) is 0 Å². The Labute approximate surface area is 154 Å². The van der Waals surface area contributed by atoms with Crippen molar-refractivity contribution in [2.45, 2.75) is 19.8 Å². The molecule has 25 heavy (non-hydrogen) atoms. The molecule has 0 fully saturated rings. The molecular weight excluding hydrogens is 386 g/mol. The second-order valence-electron chi connectivity index (χ2n) is 5.22. The van der Waals surface area contributed by atoms with Crippen LogP contribution >= 0.6 is 15.9 Å². The number of ketones is 1. The fraction of sp³-hybridized carbons (Fsp3) is 0.278. The molecule has 7 heteroatoms. The van der Waals surface area contributed by atoms with E-state index in [0.717, 1.165) is 4.47 Å². The van der Waals surface area contributed by atoms with Crippen molar-refractivity contribution in [3.8, 4) is 17.7 Å². The number of Topliss-reactive ketones (excluding diaryl/α,β-unsaturated/α-hetero) is 1. The molecule has 0 aromatic carbocycles. The van der Waals surface area contributed by atoms with E-state index >= 15 is 0 Å². The molecule has 2 heterocycles. The van der Waals surface area contributed by atoms with Crippen LogP contribution in [0.15, 0.2) is 39.7 Å². The number of carbonyl (C=O) groups excluding carboxylic acids is 1. The van der Waals surface area contributed by atoms with Crippen molar-refractivity contribution in [2.24, 2.45) is 7.05 Å². The van der Waals surface area contributed by atoms with Gasteiger partial charge in [-0.25, -0.2) is 0 Å². The number of aryl methyl sites for hydroxylation is 1. The predicted octanol–water partition coefficient (Wildman–Crippen LogP) is 3.04. The Morgan fingerprint density at radius 3 is 3.00 bits per heavy atom. The molecule has 0 aliphatic rings. The average molecular weight is 404 g/mol. The molecule has 2 aromatic rings. The molecule has 0 radical (unpaired) electrons. The maximum Gasteiger partial charge on any atom is 0.274 e. The number of hydrogen-bond acceptors (Lipinski definition) is 5. The quantitative estimate of drug-likeness (QED) is 0.436. The summed E-state index contributed by atoms with van der Waals surface area (Å²) in [6.07, 6.45) is 2.61. The normalized spacial score (nSPS) is 9.88. The molecule has 0 amide bonds. The maximum atomic E-state index is 12.1. The summed E-state index contributed by atoms with van der Waals surface area (Å²) in [5, 5.41) is 2.99. The molecule has 0 aliphatic heterocycles. The Bertz CT molecular complexity index is 881. The zero-order valence-corrected chi connectivity index (χ0v) is 15.6. The van der Waals surface area contributed by atoms with Crippen LogP contribution in [0.25, 0.3) is 0 Å². The first-order chi connectivity index (χ1) is 12.0. The van der Waals surface area contributed by atoms with Crippen LogP contribution in [0.5, 0.6) is 5.88 Å². The molecule has 0 saturated carbocycles. The van der Waals surface area contributed by atoms with Gasteiger partial charge in [0.05, 0.1) is 6.61 Å². The van der Waals surface area contributed by atoms with E-state index in [1.165, 1.54) is 4.57 Å². The van der Waals surface area contributed by atoms with E-state index in [-0.39, 0.29) is 11.3 Å². The van der Waals surface area contributed by atoms with Crippen molar-refractivity contribution in [1.29, 1.82) is 0 Å². The number of nitrogens with one attached hydrogen (secondary N) is 1. The first-order valence-electron chi connectivity index (χ1n) is 7.68. The van der Waals surface area contributed by atoms with Crippen LogP contribution in [-0.2, 0) is 11.8 Å². The predicted molar refractivity (Wildman–Crippen MR) is 100 cm³/mol. The first kappa shape index (κ1) is 18.7. The van der Waals surface area contributed by atoms with E-state index in [9.17, 15) is 9.59 Å². The summed E-state index contributed by atoms with van der Waals surface area (Å²) < 4.78 is 7.80. The van der Waals surface area contributed by atoms with Crippen LogP contribution in [0, 0.1) is 11.8 Å². The maximum absolute atomic E-state index is 12.1. The Kier molecular flexibility index (Phi) is 6.78. The number of ether oxygens (including phenoxy) is 1. The minimum absolute atomic E-state index is 0.0972. The van der Waals surface area contributed by atoms with Gasteiger partial charge >= 0.3 is 0 Å². The third-order valence-corrected chi connectivity index (χ3v) is 3.63. The number of hydrogen-bond donors (Lipinski definition) is 1. The molecule has 0 unspecified atom stereocenters. The van der Waals surface area contributed by atoms with Gasteiger partial charge in [-0.2, -0.15) is 4.98 Å². The second kappa shape index (κ2) is 9.04. The lowest BCUT2D eigenvalue weighted by atomic mass is 10.2. The van der Waals surface area contributed by atoms with Gasteiger partial charge < -0.3 is 14.6 Å². The van der Waals surface area contributed by atoms with Crippen LogP contribution in [0.1, 0.15) is 19.8 Å². The van der Waals surface area contributed by atoms with E-state index in [1.54, 1.807) is 44.4 Å². The SMILES string of the molecule is CC#CC(=O)CCCOc1cccc(Nc2cc(Br)cn(C)c2=O)n1. The number of carbonyl (C=O) groups is 1. The van der Waals surface area contributed by atoms with Gasteiger partial charge in [-0.15, -0.1) is 0 Å². The highest BCUT2D eigenvalue weighted by Crippen LogP contribution is 2.18. The van der Waals surface area contributed by atoms with Crippen LogP contribution in [0.3, 0.4) is 0 Å². The van der Waals surface area contributed by atoms with E-state index in [0.29, 0.717) is 36.8 Å². The zero-order valence-electron chi connectivity index (χ0n) is 14.0. The number of anilines is 2. The largest absolute Gasteiger partial charge is 0.478 e. The van der Waals surface area contributed by atoms with Gasteiger partial charge in [-0.3, -0.25) is 9.59 Å². The van der Waals surface area contributed by atoms with Gasteiger partial charge in [0.25, 0.3) is 5.56 Å². The fourth-order valence-electron chi connectivity index (χ4n) is 2.07. The molecule has 0 aliphatic carbocycles. The second-order valence-corrected chi connectivity index (χ2v) is 6.14. The summed E-state index contributed by atoms with van der Waals surface area (Å²) >= 11 is 3.36. The van der Waals surface area contributed by atoms with Gasteiger partial charge in [0.2, 0.25) is 11.7 Å². The average Bonchev–Trinajstić information content (AvgIpc) is 2.57. The number of halogens is 1. The third kappa shape index (κ3) is 5.76. The molecule has 0 saturated heterocycles. The lowest BCUT2D eigenvalue weighted by Gasteiger charge is -2.09. The van der Waals surface area contributed by atoms with Gasteiger partial charge in [0, 0.05) is 30.2 Å². The molecule has 2 rings (SSSR count). The zero-order chi connectivity index (χ0) is 18.2. The van der Waals surface area contributed by atoms with Crippen molar-refractivity contribution >= 4 is 33.2 Å². The molecule has 0 bridgehead atoms. The summed E-state index contributed by atoms with van der Waals surface area (Å²) in [6, 6.07) is 6.93. The first-order valence-corrected chi connectivity index (χ1v) is 8.47. The van der Waals surface area contributed by atoms with Gasteiger partial charge in [-0.05, 0) is 47.3 Å². The Balaban J connectivity index is 1.98. The van der Waals surface area contributed by atoms with Crippen molar-refractivity contribution < 1.29 is 9.53 Å². The highest BCUT2D eigenvalue weighted by molar-refractivity contribution is 9.10. The van der Waals surface area contributed by atoms with Crippen LogP contribution in [0.4, 0.5) is 11.5 Å². The van der Waals surface area contributed by atoms with E-state index in [1.807, 2.05) is 0 Å². The van der Waals surface area contributed by atoms with Crippen LogP contribution < -0.4 is 15.6 Å². The molecule has 130 valence electrons. The van der Waals surface area contributed by atoms with E-state index in [4.69, 9.17) is 4.74 Å².